The van der Waals surface area contributed by atoms with E-state index < -0.39 is 0 Å². The summed E-state index contributed by atoms with van der Waals surface area (Å²) >= 11 is 0. The zero-order valence-corrected chi connectivity index (χ0v) is 10.1. The number of carbonyl (C=O) groups is 1. The van der Waals surface area contributed by atoms with Crippen molar-refractivity contribution in [1.82, 2.24) is 4.90 Å². The van der Waals surface area contributed by atoms with Gasteiger partial charge in [-0.05, 0) is 23.3 Å². The number of rotatable bonds is 0. The second kappa shape index (κ2) is 3.33. The normalized spacial score (nSPS) is 24.5. The Morgan fingerprint density at radius 3 is 2.65 bits per heavy atom. The van der Waals surface area contributed by atoms with Crippen molar-refractivity contribution in [2.45, 2.75) is 19.9 Å². The minimum atomic E-state index is -0.379. The summed E-state index contributed by atoms with van der Waals surface area (Å²) in [7, 11) is 0. The highest BCUT2D eigenvalue weighted by Crippen LogP contribution is 2.45. The fraction of sp³-hybridized carbons (Fsp3) is 0.267. The largest absolute Gasteiger partial charge is 0.346 e. The Labute approximate surface area is 101 Å². The lowest BCUT2D eigenvalue weighted by molar-refractivity contribution is -0.126. The lowest BCUT2D eigenvalue weighted by Crippen LogP contribution is -2.42. The topological polar surface area (TPSA) is 20.3 Å². The Kier molecular flexibility index (Phi) is 2.02. The van der Waals surface area contributed by atoms with Crippen LogP contribution in [0.2, 0.25) is 0 Å². The lowest BCUT2D eigenvalue weighted by atomic mass is 9.72. The molecule has 1 unspecified atom stereocenters. The summed E-state index contributed by atoms with van der Waals surface area (Å²) in [5.74, 6) is 0.198. The van der Waals surface area contributed by atoms with Crippen LogP contribution >= 0.6 is 0 Å². The Bertz CT molecular complexity index is 540. The van der Waals surface area contributed by atoms with Crippen LogP contribution in [0.1, 0.15) is 31.0 Å². The van der Waals surface area contributed by atoms with Gasteiger partial charge in [-0.1, -0.05) is 38.1 Å². The van der Waals surface area contributed by atoms with E-state index in [0.717, 1.165) is 0 Å². The van der Waals surface area contributed by atoms with E-state index in [1.165, 1.54) is 11.1 Å². The van der Waals surface area contributed by atoms with Gasteiger partial charge in [0.05, 0.1) is 11.5 Å². The van der Waals surface area contributed by atoms with Crippen LogP contribution in [0.3, 0.4) is 0 Å². The fourth-order valence-corrected chi connectivity index (χ4v) is 2.73. The Hall–Kier alpha value is -1.83. The average molecular weight is 225 g/mol. The van der Waals surface area contributed by atoms with Crippen molar-refractivity contribution in [2.24, 2.45) is 5.41 Å². The third-order valence-electron chi connectivity index (χ3n) is 3.73. The molecule has 0 bridgehead atoms. The van der Waals surface area contributed by atoms with Gasteiger partial charge in [-0.3, -0.25) is 4.79 Å². The number of ketones is 1. The fourth-order valence-electron chi connectivity index (χ4n) is 2.73. The molecule has 2 aliphatic rings. The van der Waals surface area contributed by atoms with Gasteiger partial charge in [-0.25, -0.2) is 0 Å². The third kappa shape index (κ3) is 1.37. The van der Waals surface area contributed by atoms with Crippen molar-refractivity contribution in [3.63, 3.8) is 0 Å². The van der Waals surface area contributed by atoms with Crippen LogP contribution in [0, 0.1) is 5.41 Å². The third-order valence-corrected chi connectivity index (χ3v) is 3.73. The van der Waals surface area contributed by atoms with Gasteiger partial charge in [0.15, 0.2) is 5.78 Å². The number of hydrogen-bond acceptors (Lipinski definition) is 2. The van der Waals surface area contributed by atoms with Gasteiger partial charge < -0.3 is 4.90 Å². The monoisotopic (exact) mass is 225 g/mol. The van der Waals surface area contributed by atoms with Crippen molar-refractivity contribution in [3.05, 3.63) is 53.9 Å². The summed E-state index contributed by atoms with van der Waals surface area (Å²) < 4.78 is 0. The van der Waals surface area contributed by atoms with Gasteiger partial charge in [0.25, 0.3) is 0 Å². The molecule has 1 aromatic rings. The summed E-state index contributed by atoms with van der Waals surface area (Å²) in [5, 5.41) is 0. The lowest BCUT2D eigenvalue weighted by Gasteiger charge is -2.44. The smallest absolute Gasteiger partial charge is 0.165 e. The number of allylic oxidation sites excluding steroid dienone is 1. The van der Waals surface area contributed by atoms with Crippen LogP contribution in [0.25, 0.3) is 6.08 Å². The van der Waals surface area contributed by atoms with Gasteiger partial charge in [0.2, 0.25) is 0 Å². The van der Waals surface area contributed by atoms with Gasteiger partial charge in [0.1, 0.15) is 0 Å². The van der Waals surface area contributed by atoms with Gasteiger partial charge in [-0.15, -0.1) is 0 Å². The van der Waals surface area contributed by atoms with E-state index in [4.69, 9.17) is 0 Å². The quantitative estimate of drug-likeness (QED) is 0.676. The van der Waals surface area contributed by atoms with E-state index in [2.05, 4.69) is 29.3 Å². The zero-order chi connectivity index (χ0) is 12.0. The first-order chi connectivity index (χ1) is 8.10. The molecule has 0 spiro atoms. The average Bonchev–Trinajstić information content (AvgIpc) is 2.33. The molecule has 0 saturated carbocycles. The second-order valence-corrected chi connectivity index (χ2v) is 5.20. The maximum atomic E-state index is 12.0. The first-order valence-corrected chi connectivity index (χ1v) is 5.88. The molecule has 2 heteroatoms. The molecule has 3 rings (SSSR count). The number of benzene rings is 1. The minimum Gasteiger partial charge on any atom is -0.346 e. The Morgan fingerprint density at radius 2 is 1.82 bits per heavy atom. The van der Waals surface area contributed by atoms with E-state index in [0.29, 0.717) is 0 Å². The summed E-state index contributed by atoms with van der Waals surface area (Å²) in [6.45, 7) is 4.04. The zero-order valence-electron chi connectivity index (χ0n) is 10.1. The van der Waals surface area contributed by atoms with Crippen molar-refractivity contribution in [1.29, 1.82) is 0 Å². The highest BCUT2D eigenvalue weighted by atomic mass is 16.1. The predicted molar refractivity (Wildman–Crippen MR) is 68.0 cm³/mol. The molecule has 1 atom stereocenters. The highest BCUT2D eigenvalue weighted by Gasteiger charge is 2.43. The number of fused-ring (bicyclic) bond motifs is 3. The summed E-state index contributed by atoms with van der Waals surface area (Å²) in [4.78, 5) is 14.2. The molecule has 0 aromatic heterocycles. The molecule has 0 N–H and O–H groups in total. The first-order valence-electron chi connectivity index (χ1n) is 5.88. The molecule has 17 heavy (non-hydrogen) atoms. The molecule has 0 radical (unpaired) electrons. The van der Waals surface area contributed by atoms with Crippen LogP contribution in [-0.4, -0.2) is 10.7 Å². The van der Waals surface area contributed by atoms with Crippen LogP contribution < -0.4 is 0 Å². The molecule has 2 heterocycles. The van der Waals surface area contributed by atoms with E-state index in [1.807, 2.05) is 32.2 Å². The van der Waals surface area contributed by atoms with Crippen molar-refractivity contribution in [2.75, 3.05) is 0 Å². The summed E-state index contributed by atoms with van der Waals surface area (Å²) in [5.41, 5.74) is 2.07. The van der Waals surface area contributed by atoms with E-state index in [9.17, 15) is 4.79 Å². The van der Waals surface area contributed by atoms with Gasteiger partial charge >= 0.3 is 0 Å². The van der Waals surface area contributed by atoms with Crippen molar-refractivity contribution >= 4 is 11.9 Å². The van der Waals surface area contributed by atoms with E-state index in [1.54, 1.807) is 6.08 Å². The molecule has 2 aliphatic heterocycles. The molecule has 2 nitrogen and oxygen atoms in total. The van der Waals surface area contributed by atoms with Crippen molar-refractivity contribution in [3.8, 4) is 0 Å². The molecule has 0 aliphatic carbocycles. The van der Waals surface area contributed by atoms with E-state index >= 15 is 0 Å². The Morgan fingerprint density at radius 1 is 1.12 bits per heavy atom. The van der Waals surface area contributed by atoms with Crippen LogP contribution in [0.5, 0.6) is 0 Å². The molecule has 1 aromatic carbocycles. The standard InChI is InChI=1S/C15H15NO/c1-15(2)13(17)8-10-16-9-7-11-5-3-4-6-12(11)14(15)16/h3-10,14H,1-2H3. The molecule has 0 saturated heterocycles. The van der Waals surface area contributed by atoms with Crippen molar-refractivity contribution < 1.29 is 4.79 Å². The van der Waals surface area contributed by atoms with Crippen LogP contribution in [0.15, 0.2) is 42.7 Å². The maximum Gasteiger partial charge on any atom is 0.165 e. The van der Waals surface area contributed by atoms with Gasteiger partial charge in [0, 0.05) is 12.4 Å². The molecule has 0 amide bonds. The number of hydrogen-bond donors (Lipinski definition) is 0. The Balaban J connectivity index is 2.21. The SMILES string of the molecule is CC1(C)C(=O)C=CN2C=Cc3ccccc3C21. The second-order valence-electron chi connectivity index (χ2n) is 5.20. The number of carbonyl (C=O) groups excluding carboxylic acids is 1. The minimum absolute atomic E-state index is 0.112. The summed E-state index contributed by atoms with van der Waals surface area (Å²) in [6, 6.07) is 8.40. The van der Waals surface area contributed by atoms with Crippen LogP contribution in [-0.2, 0) is 4.79 Å². The highest BCUT2D eigenvalue weighted by molar-refractivity contribution is 5.96. The maximum absolute atomic E-state index is 12.0. The van der Waals surface area contributed by atoms with Crippen LogP contribution in [0.4, 0.5) is 0 Å². The van der Waals surface area contributed by atoms with Gasteiger partial charge in [-0.2, -0.15) is 0 Å². The molecular weight excluding hydrogens is 210 g/mol. The number of nitrogens with zero attached hydrogens (tertiary/aromatic N) is 1. The van der Waals surface area contributed by atoms with E-state index in [-0.39, 0.29) is 17.2 Å². The predicted octanol–water partition coefficient (Wildman–Crippen LogP) is 3.14. The first kappa shape index (κ1) is 10.3. The molecular formula is C15H15NO. The molecule has 86 valence electrons. The molecule has 0 fully saturated rings. The summed E-state index contributed by atoms with van der Waals surface area (Å²) in [6.07, 6.45) is 7.71.